The molecule has 0 aromatic heterocycles. The summed E-state index contributed by atoms with van der Waals surface area (Å²) in [7, 11) is -0.613. The Hall–Kier alpha value is 0.310. The molecule has 58 valence electrons. The minimum atomic E-state index is -0.613. The zero-order valence-corrected chi connectivity index (χ0v) is 6.85. The van der Waals surface area contributed by atoms with Gasteiger partial charge in [-0.25, -0.2) is 4.67 Å². The van der Waals surface area contributed by atoms with Gasteiger partial charge < -0.3 is 9.05 Å². The normalized spacial score (nSPS) is 30.0. The first-order valence-electron chi connectivity index (χ1n) is 3.77. The summed E-state index contributed by atoms with van der Waals surface area (Å²) in [6.45, 7) is 4.13. The molecule has 0 aliphatic carbocycles. The minimum Gasteiger partial charge on any atom is -0.322 e. The topological polar surface area (TPSA) is 21.7 Å². The smallest absolute Gasteiger partial charge is 0.258 e. The molecular weight excluding hydrogens is 149 g/mol. The first-order chi connectivity index (χ1) is 4.97. The Morgan fingerprint density at radius 3 is 2.10 bits per heavy atom. The molecule has 0 aromatic carbocycles. The predicted molar refractivity (Wildman–Crippen MR) is 39.6 cm³/mol. The van der Waals surface area contributed by atoms with Crippen LogP contribution in [0.2, 0.25) is 0 Å². The van der Waals surface area contributed by atoms with Crippen LogP contribution >= 0.6 is 8.53 Å². The number of rotatable bonds is 0. The van der Waals surface area contributed by atoms with E-state index >= 15 is 0 Å². The molecule has 4 heteroatoms. The number of hydrogen-bond donors (Lipinski definition) is 0. The molecule has 0 aromatic rings. The number of fused-ring (bicyclic) bond motifs is 1. The summed E-state index contributed by atoms with van der Waals surface area (Å²) in [4.78, 5) is 0. The lowest BCUT2D eigenvalue weighted by atomic mass is 10.4. The Morgan fingerprint density at radius 2 is 1.60 bits per heavy atom. The molecule has 0 amide bonds. The van der Waals surface area contributed by atoms with E-state index in [2.05, 4.69) is 4.67 Å². The van der Waals surface area contributed by atoms with Gasteiger partial charge in [0.2, 0.25) is 0 Å². The van der Waals surface area contributed by atoms with Crippen molar-refractivity contribution in [2.45, 2.75) is 12.8 Å². The van der Waals surface area contributed by atoms with Crippen LogP contribution in [0.15, 0.2) is 0 Å². The molecular formula is C6H12NO2P. The quantitative estimate of drug-likeness (QED) is 0.500. The highest BCUT2D eigenvalue weighted by atomic mass is 31.2. The monoisotopic (exact) mass is 161 g/mol. The third-order valence-corrected chi connectivity index (χ3v) is 3.42. The van der Waals surface area contributed by atoms with Crippen LogP contribution in [0.25, 0.3) is 0 Å². The minimum absolute atomic E-state index is 0.613. The van der Waals surface area contributed by atoms with E-state index in [1.54, 1.807) is 0 Å². The molecule has 0 bridgehead atoms. The number of nitrogens with zero attached hydrogens (tertiary/aromatic N) is 1. The van der Waals surface area contributed by atoms with Crippen molar-refractivity contribution in [1.29, 1.82) is 0 Å². The van der Waals surface area contributed by atoms with Gasteiger partial charge in [-0.05, 0) is 12.8 Å². The van der Waals surface area contributed by atoms with Gasteiger partial charge in [-0.15, -0.1) is 0 Å². The van der Waals surface area contributed by atoms with Gasteiger partial charge >= 0.3 is 0 Å². The third kappa shape index (κ3) is 1.32. The Kier molecular flexibility index (Phi) is 2.19. The Bertz CT molecular complexity index is 96.3. The lowest BCUT2D eigenvalue weighted by Gasteiger charge is -2.36. The molecule has 0 radical (unpaired) electrons. The van der Waals surface area contributed by atoms with E-state index < -0.39 is 8.53 Å². The van der Waals surface area contributed by atoms with Crippen molar-refractivity contribution in [3.63, 3.8) is 0 Å². The van der Waals surface area contributed by atoms with Crippen molar-refractivity contribution in [1.82, 2.24) is 4.67 Å². The molecule has 2 rings (SSSR count). The average molecular weight is 161 g/mol. The standard InChI is InChI=1S/C6H12NO2P/c1-3-7-4-2-6-9-10(7)8-5-1/h1-6H2. The van der Waals surface area contributed by atoms with Crippen LogP contribution in [0.1, 0.15) is 12.8 Å². The molecule has 2 aliphatic heterocycles. The zero-order valence-electron chi connectivity index (χ0n) is 5.95. The summed E-state index contributed by atoms with van der Waals surface area (Å²) in [5.41, 5.74) is 0. The van der Waals surface area contributed by atoms with Crippen molar-refractivity contribution in [3.8, 4) is 0 Å². The van der Waals surface area contributed by atoms with E-state index in [-0.39, 0.29) is 0 Å². The van der Waals surface area contributed by atoms with E-state index in [0.717, 1.165) is 13.2 Å². The molecule has 2 aliphatic rings. The maximum Gasteiger partial charge on any atom is 0.258 e. The van der Waals surface area contributed by atoms with Crippen molar-refractivity contribution in [2.24, 2.45) is 0 Å². The van der Waals surface area contributed by atoms with Gasteiger partial charge in [0, 0.05) is 13.1 Å². The highest BCUT2D eigenvalue weighted by Gasteiger charge is 2.27. The van der Waals surface area contributed by atoms with Gasteiger partial charge in [0.05, 0.1) is 13.2 Å². The summed E-state index contributed by atoms with van der Waals surface area (Å²) < 4.78 is 13.2. The van der Waals surface area contributed by atoms with Gasteiger partial charge in [-0.2, -0.15) is 0 Å². The average Bonchev–Trinajstić information content (AvgIpc) is 2.05. The molecule has 2 heterocycles. The second kappa shape index (κ2) is 3.14. The van der Waals surface area contributed by atoms with Crippen LogP contribution in [0, 0.1) is 0 Å². The molecule has 0 N–H and O–H groups in total. The largest absolute Gasteiger partial charge is 0.322 e. The van der Waals surface area contributed by atoms with Gasteiger partial charge in [-0.3, -0.25) is 0 Å². The van der Waals surface area contributed by atoms with Crippen LogP contribution in [-0.2, 0) is 9.05 Å². The Labute approximate surface area is 62.3 Å². The van der Waals surface area contributed by atoms with E-state index in [9.17, 15) is 0 Å². The predicted octanol–water partition coefficient (Wildman–Crippen LogP) is 1.36. The summed E-state index contributed by atoms with van der Waals surface area (Å²) in [5, 5.41) is 0. The summed E-state index contributed by atoms with van der Waals surface area (Å²) in [6.07, 6.45) is 2.34. The van der Waals surface area contributed by atoms with Crippen LogP contribution in [-0.4, -0.2) is 31.0 Å². The second-order valence-electron chi connectivity index (χ2n) is 2.57. The van der Waals surface area contributed by atoms with Crippen molar-refractivity contribution in [3.05, 3.63) is 0 Å². The highest BCUT2D eigenvalue weighted by Crippen LogP contribution is 2.47. The van der Waals surface area contributed by atoms with Gasteiger partial charge in [0.1, 0.15) is 0 Å². The van der Waals surface area contributed by atoms with E-state index in [0.29, 0.717) is 0 Å². The summed E-state index contributed by atoms with van der Waals surface area (Å²) in [5.74, 6) is 0. The van der Waals surface area contributed by atoms with Crippen molar-refractivity contribution >= 4 is 8.53 Å². The zero-order chi connectivity index (χ0) is 6.81. The third-order valence-electron chi connectivity index (χ3n) is 1.76. The molecule has 10 heavy (non-hydrogen) atoms. The molecule has 2 fully saturated rings. The Balaban J connectivity index is 1.93. The molecule has 3 nitrogen and oxygen atoms in total. The second-order valence-corrected chi connectivity index (χ2v) is 4.12. The fourth-order valence-electron chi connectivity index (χ4n) is 1.26. The maximum absolute atomic E-state index is 5.45. The molecule has 2 saturated heterocycles. The fraction of sp³-hybridized carbons (Fsp3) is 1.00. The van der Waals surface area contributed by atoms with Crippen LogP contribution < -0.4 is 0 Å². The van der Waals surface area contributed by atoms with E-state index in [1.807, 2.05) is 0 Å². The Morgan fingerprint density at radius 1 is 1.00 bits per heavy atom. The van der Waals surface area contributed by atoms with Gasteiger partial charge in [0.15, 0.2) is 0 Å². The van der Waals surface area contributed by atoms with Crippen LogP contribution in [0.5, 0.6) is 0 Å². The maximum atomic E-state index is 5.45. The molecule has 0 spiro atoms. The first kappa shape index (κ1) is 6.99. The first-order valence-corrected chi connectivity index (χ1v) is 4.91. The lowest BCUT2D eigenvalue weighted by molar-refractivity contribution is 0.134. The van der Waals surface area contributed by atoms with Crippen molar-refractivity contribution < 1.29 is 9.05 Å². The summed E-state index contributed by atoms with van der Waals surface area (Å²) in [6, 6.07) is 0. The fourth-order valence-corrected chi connectivity index (χ4v) is 2.84. The SMILES string of the molecule is C1COP2OCCCN2C1. The van der Waals surface area contributed by atoms with Crippen LogP contribution in [0.4, 0.5) is 0 Å². The van der Waals surface area contributed by atoms with E-state index in [4.69, 9.17) is 9.05 Å². The van der Waals surface area contributed by atoms with Crippen molar-refractivity contribution in [2.75, 3.05) is 26.3 Å². The molecule has 0 saturated carbocycles. The summed E-state index contributed by atoms with van der Waals surface area (Å²) >= 11 is 0. The van der Waals surface area contributed by atoms with Gasteiger partial charge in [-0.1, -0.05) is 0 Å². The van der Waals surface area contributed by atoms with E-state index in [1.165, 1.54) is 25.9 Å². The molecule has 0 atom stereocenters. The number of hydrogen-bond acceptors (Lipinski definition) is 3. The lowest BCUT2D eigenvalue weighted by Crippen LogP contribution is -2.31. The molecule has 0 unspecified atom stereocenters. The highest BCUT2D eigenvalue weighted by molar-refractivity contribution is 7.44. The van der Waals surface area contributed by atoms with Crippen LogP contribution in [0.3, 0.4) is 0 Å². The van der Waals surface area contributed by atoms with Gasteiger partial charge in [0.25, 0.3) is 8.53 Å².